The summed E-state index contributed by atoms with van der Waals surface area (Å²) in [5, 5.41) is 0.701. The number of fused-ring (bicyclic) bond motifs is 11. The van der Waals surface area contributed by atoms with E-state index in [1.807, 2.05) is 60.7 Å². The third-order valence-corrected chi connectivity index (χ3v) is 11.2. The Morgan fingerprint density at radius 2 is 0.848 bits per heavy atom. The first-order chi connectivity index (χ1) is 22.6. The van der Waals surface area contributed by atoms with Crippen LogP contribution < -0.4 is 0 Å². The highest BCUT2D eigenvalue weighted by Crippen LogP contribution is 2.74. The Bertz CT molecular complexity index is 2550. The van der Waals surface area contributed by atoms with Gasteiger partial charge in [0, 0.05) is 39.0 Å². The number of ketones is 2. The molecule has 0 amide bonds. The van der Waals surface area contributed by atoms with E-state index < -0.39 is 5.41 Å². The minimum Gasteiger partial charge on any atom is -0.289 e. The number of rotatable bonds is 1. The van der Waals surface area contributed by atoms with Gasteiger partial charge in [-0.25, -0.2) is 0 Å². The van der Waals surface area contributed by atoms with Crippen molar-refractivity contribution >= 4 is 56.1 Å². The van der Waals surface area contributed by atoms with Crippen LogP contribution in [0.15, 0.2) is 150 Å². The summed E-state index contributed by atoms with van der Waals surface area (Å²) in [6.07, 6.45) is 0. The highest BCUT2D eigenvalue weighted by atomic mass is 35.5. The molecule has 2 nitrogen and oxygen atoms in total. The van der Waals surface area contributed by atoms with Crippen LogP contribution in [0.25, 0.3) is 32.9 Å². The zero-order valence-corrected chi connectivity index (χ0v) is 25.1. The van der Waals surface area contributed by atoms with Gasteiger partial charge in [-0.05, 0) is 61.2 Å². The Balaban J connectivity index is 1.47. The van der Waals surface area contributed by atoms with Crippen LogP contribution in [0.4, 0.5) is 0 Å². The van der Waals surface area contributed by atoms with Crippen LogP contribution in [0.1, 0.15) is 59.7 Å². The molecule has 6 aliphatic carbocycles. The summed E-state index contributed by atoms with van der Waals surface area (Å²) in [6, 6.07) is 43.0. The van der Waals surface area contributed by atoms with Gasteiger partial charge >= 0.3 is 0 Å². The zero-order valence-electron chi connectivity index (χ0n) is 24.3. The van der Waals surface area contributed by atoms with Crippen molar-refractivity contribution in [1.82, 2.24) is 0 Å². The molecule has 0 saturated heterocycles. The van der Waals surface area contributed by atoms with Gasteiger partial charge in [0.15, 0.2) is 11.6 Å². The Kier molecular flexibility index (Phi) is 4.39. The molecule has 46 heavy (non-hydrogen) atoms. The SMILES string of the molecule is O=C1C2=C3C4=C(C5=C(Cl)c6ccccc6C5=C(c5ccccc5)C45C(=C2c2ccccc21)C(=O)c1ccccc15)c1ccccc13. The largest absolute Gasteiger partial charge is 0.289 e. The van der Waals surface area contributed by atoms with Gasteiger partial charge in [-0.2, -0.15) is 0 Å². The van der Waals surface area contributed by atoms with E-state index in [0.717, 1.165) is 78.0 Å². The molecule has 1 atom stereocenters. The molecule has 212 valence electrons. The Hall–Kier alpha value is -5.57. The van der Waals surface area contributed by atoms with Crippen molar-refractivity contribution in [2.24, 2.45) is 0 Å². The fraction of sp³-hybridized carbons (Fsp3) is 0.0233. The summed E-state index contributed by atoms with van der Waals surface area (Å²) in [7, 11) is 0. The van der Waals surface area contributed by atoms with Crippen LogP contribution in [-0.4, -0.2) is 11.6 Å². The Morgan fingerprint density at radius 3 is 1.54 bits per heavy atom. The molecule has 0 aliphatic heterocycles. The van der Waals surface area contributed by atoms with Gasteiger partial charge in [0.1, 0.15) is 0 Å². The molecule has 0 aromatic heterocycles. The smallest absolute Gasteiger partial charge is 0.194 e. The Labute approximate surface area is 270 Å². The van der Waals surface area contributed by atoms with E-state index in [2.05, 4.69) is 66.7 Å². The minimum absolute atomic E-state index is 0.0201. The van der Waals surface area contributed by atoms with E-state index in [4.69, 9.17) is 11.6 Å². The number of benzene rings is 5. The second-order valence-corrected chi connectivity index (χ2v) is 13.0. The van der Waals surface area contributed by atoms with Crippen LogP contribution in [-0.2, 0) is 5.41 Å². The van der Waals surface area contributed by atoms with Crippen molar-refractivity contribution in [2.75, 3.05) is 0 Å². The van der Waals surface area contributed by atoms with Crippen LogP contribution in [0.2, 0.25) is 0 Å². The lowest BCUT2D eigenvalue weighted by atomic mass is 9.54. The molecule has 1 unspecified atom stereocenters. The summed E-state index contributed by atoms with van der Waals surface area (Å²) >= 11 is 7.49. The van der Waals surface area contributed by atoms with Gasteiger partial charge in [-0.1, -0.05) is 139 Å². The maximum absolute atomic E-state index is 15.2. The predicted octanol–water partition coefficient (Wildman–Crippen LogP) is 9.59. The average molecular weight is 605 g/mol. The number of allylic oxidation sites excluding steroid dienone is 9. The summed E-state index contributed by atoms with van der Waals surface area (Å²) in [4.78, 5) is 29.8. The monoisotopic (exact) mass is 604 g/mol. The second kappa shape index (κ2) is 8.17. The van der Waals surface area contributed by atoms with Crippen LogP contribution in [0.3, 0.4) is 0 Å². The van der Waals surface area contributed by atoms with E-state index in [-0.39, 0.29) is 11.6 Å². The predicted molar refractivity (Wildman–Crippen MR) is 183 cm³/mol. The number of carbonyl (C=O) groups excluding carboxylic acids is 2. The number of hydrogen-bond donors (Lipinski definition) is 0. The maximum atomic E-state index is 15.2. The standard InChI is InChI=1S/C43H21ClO2/c44-40-27-18-8-6-16-25(27)31-35(40)32-23-14-4-5-15-24(23)33-36-34(26-17-7-9-19-28(26)41(36)45)39-42(46)29-20-10-11-21-30(29)43(39,38(32)33)37(31)22-12-2-1-3-13-22/h1-21H. The Morgan fingerprint density at radius 1 is 0.370 bits per heavy atom. The molecular formula is C43H21ClO2. The van der Waals surface area contributed by atoms with Crippen molar-refractivity contribution in [1.29, 1.82) is 0 Å². The normalized spacial score (nSPS) is 20.9. The average Bonchev–Trinajstić information content (AvgIpc) is 3.78. The third-order valence-electron chi connectivity index (χ3n) is 10.8. The number of halogens is 1. The van der Waals surface area contributed by atoms with Crippen LogP contribution in [0.5, 0.6) is 0 Å². The molecule has 5 aromatic carbocycles. The lowest BCUT2D eigenvalue weighted by molar-refractivity contribution is 0.103. The molecule has 0 N–H and O–H groups in total. The van der Waals surface area contributed by atoms with E-state index in [0.29, 0.717) is 27.3 Å². The van der Waals surface area contributed by atoms with Crippen molar-refractivity contribution in [2.45, 2.75) is 5.41 Å². The highest BCUT2D eigenvalue weighted by Gasteiger charge is 2.64. The molecule has 0 heterocycles. The number of Topliss-reactive ketones (excluding diaryl/α,β-unsaturated/α-hetero) is 2. The zero-order chi connectivity index (χ0) is 30.5. The molecule has 0 fully saturated rings. The van der Waals surface area contributed by atoms with E-state index in [1.165, 1.54) is 0 Å². The summed E-state index contributed by atoms with van der Waals surface area (Å²) in [5.41, 5.74) is 15.4. The maximum Gasteiger partial charge on any atom is 0.194 e. The molecule has 0 radical (unpaired) electrons. The number of carbonyl (C=O) groups is 2. The first-order valence-corrected chi connectivity index (χ1v) is 15.9. The molecule has 3 heteroatoms. The minimum atomic E-state index is -0.970. The molecule has 0 saturated carbocycles. The van der Waals surface area contributed by atoms with Crippen LogP contribution in [0, 0.1) is 0 Å². The number of hydrogen-bond acceptors (Lipinski definition) is 2. The summed E-state index contributed by atoms with van der Waals surface area (Å²) < 4.78 is 0. The summed E-state index contributed by atoms with van der Waals surface area (Å²) in [5.74, 6) is -0.0480. The van der Waals surface area contributed by atoms with Crippen molar-refractivity contribution in [3.63, 3.8) is 0 Å². The van der Waals surface area contributed by atoms with E-state index in [1.54, 1.807) is 0 Å². The summed E-state index contributed by atoms with van der Waals surface area (Å²) in [6.45, 7) is 0. The van der Waals surface area contributed by atoms with Crippen molar-refractivity contribution in [3.8, 4) is 0 Å². The van der Waals surface area contributed by atoms with Gasteiger partial charge < -0.3 is 0 Å². The first kappa shape index (κ1) is 24.7. The lowest BCUT2D eigenvalue weighted by Gasteiger charge is -2.45. The fourth-order valence-electron chi connectivity index (χ4n) is 9.30. The van der Waals surface area contributed by atoms with Crippen molar-refractivity contribution < 1.29 is 9.59 Å². The fourth-order valence-corrected chi connectivity index (χ4v) is 9.65. The van der Waals surface area contributed by atoms with Gasteiger partial charge in [-0.15, -0.1) is 0 Å². The highest BCUT2D eigenvalue weighted by molar-refractivity contribution is 6.55. The molecular weight excluding hydrogens is 584 g/mol. The van der Waals surface area contributed by atoms with Gasteiger partial charge in [0.05, 0.1) is 10.4 Å². The molecule has 6 aliphatic rings. The molecule has 11 rings (SSSR count). The first-order valence-electron chi connectivity index (χ1n) is 15.6. The molecule has 1 spiro atoms. The van der Waals surface area contributed by atoms with Gasteiger partial charge in [-0.3, -0.25) is 9.59 Å². The molecule has 5 aromatic rings. The second-order valence-electron chi connectivity index (χ2n) is 12.6. The molecule has 0 bridgehead atoms. The third kappa shape index (κ3) is 2.51. The van der Waals surface area contributed by atoms with E-state index >= 15 is 4.79 Å². The van der Waals surface area contributed by atoms with Crippen LogP contribution >= 0.6 is 11.6 Å². The quantitative estimate of drug-likeness (QED) is 0.191. The topological polar surface area (TPSA) is 34.1 Å². The van der Waals surface area contributed by atoms with Gasteiger partial charge in [0.25, 0.3) is 0 Å². The van der Waals surface area contributed by atoms with Gasteiger partial charge in [0.2, 0.25) is 0 Å². The lowest BCUT2D eigenvalue weighted by Crippen LogP contribution is -2.37. The van der Waals surface area contributed by atoms with Crippen molar-refractivity contribution in [3.05, 3.63) is 200 Å². The van der Waals surface area contributed by atoms with E-state index in [9.17, 15) is 4.79 Å².